The highest BCUT2D eigenvalue weighted by Gasteiger charge is 2.71. The first-order valence-electron chi connectivity index (χ1n) is 16.9. The predicted molar refractivity (Wildman–Crippen MR) is 171 cm³/mol. The maximum absolute atomic E-state index is 11.5. The lowest BCUT2D eigenvalue weighted by molar-refractivity contribution is -0.218. The van der Waals surface area contributed by atoms with E-state index in [-0.39, 0.29) is 21.7 Å². The second-order valence-corrected chi connectivity index (χ2v) is 16.6. The number of benzene rings is 1. The average Bonchev–Trinajstić information content (AvgIpc) is 3.63. The van der Waals surface area contributed by atoms with Gasteiger partial charge < -0.3 is 5.11 Å². The van der Waals surface area contributed by atoms with Crippen LogP contribution in [-0.4, -0.2) is 26.3 Å². The van der Waals surface area contributed by atoms with E-state index >= 15 is 0 Å². The highest BCUT2D eigenvalue weighted by Crippen LogP contribution is 2.77. The summed E-state index contributed by atoms with van der Waals surface area (Å²) in [7, 11) is 0. The van der Waals surface area contributed by atoms with Crippen LogP contribution >= 0.6 is 0 Å². The lowest BCUT2D eigenvalue weighted by Gasteiger charge is -2.72. The first kappa shape index (κ1) is 29.0. The van der Waals surface area contributed by atoms with Crippen molar-refractivity contribution in [2.45, 2.75) is 105 Å². The van der Waals surface area contributed by atoms with Gasteiger partial charge in [0.2, 0.25) is 0 Å². The van der Waals surface area contributed by atoms with Gasteiger partial charge in [0.05, 0.1) is 5.56 Å². The topological polar surface area (TPSA) is 78.9 Å². The fourth-order valence-electron chi connectivity index (χ4n) is 12.9. The van der Waals surface area contributed by atoms with Crippen LogP contribution in [0.5, 0.6) is 0 Å². The van der Waals surface area contributed by atoms with Crippen molar-refractivity contribution < 1.29 is 9.90 Å². The van der Waals surface area contributed by atoms with Crippen LogP contribution in [0.25, 0.3) is 5.57 Å². The Balaban J connectivity index is 1.25. The molecule has 0 radical (unpaired) electrons. The van der Waals surface area contributed by atoms with E-state index in [4.69, 9.17) is 4.98 Å². The zero-order chi connectivity index (χ0) is 30.6. The minimum atomic E-state index is -0.861. The number of nitrogens with one attached hydrogen (secondary N) is 1. The van der Waals surface area contributed by atoms with Gasteiger partial charge in [-0.25, -0.2) is 9.78 Å². The van der Waals surface area contributed by atoms with Crippen LogP contribution in [0.2, 0.25) is 0 Å². The van der Waals surface area contributed by atoms with Crippen molar-refractivity contribution in [3.63, 3.8) is 0 Å². The minimum absolute atomic E-state index is 0.0291. The summed E-state index contributed by atoms with van der Waals surface area (Å²) in [5, 5.41) is 17.1. The van der Waals surface area contributed by atoms with Crippen molar-refractivity contribution in [3.8, 4) is 0 Å². The number of H-pyrrole nitrogens is 1. The number of allylic oxidation sites excluding steroid dienone is 3. The third-order valence-corrected chi connectivity index (χ3v) is 15.0. The Morgan fingerprint density at radius 1 is 0.930 bits per heavy atom. The quantitative estimate of drug-likeness (QED) is 0.353. The summed E-state index contributed by atoms with van der Waals surface area (Å²) in [5.74, 6) is 3.38. The van der Waals surface area contributed by atoms with Crippen LogP contribution in [0.15, 0.2) is 48.8 Å². The highest BCUT2D eigenvalue weighted by atomic mass is 16.4. The molecule has 2 N–H and O–H groups in total. The summed E-state index contributed by atoms with van der Waals surface area (Å²) < 4.78 is 0. The number of aromatic carboxylic acids is 1. The molecule has 4 saturated carbocycles. The molecule has 1 aromatic heterocycles. The van der Waals surface area contributed by atoms with Crippen molar-refractivity contribution in [1.29, 1.82) is 0 Å². The van der Waals surface area contributed by atoms with E-state index in [1.54, 1.807) is 18.5 Å². The van der Waals surface area contributed by atoms with Gasteiger partial charge in [-0.3, -0.25) is 5.10 Å². The zero-order valence-electron chi connectivity index (χ0n) is 27.2. The molecule has 43 heavy (non-hydrogen) atoms. The number of aromatic amines is 1. The van der Waals surface area contributed by atoms with Crippen molar-refractivity contribution in [1.82, 2.24) is 15.2 Å². The van der Waals surface area contributed by atoms with Crippen LogP contribution in [0.3, 0.4) is 0 Å². The van der Waals surface area contributed by atoms with Gasteiger partial charge in [-0.05, 0) is 139 Å². The smallest absolute Gasteiger partial charge is 0.335 e. The van der Waals surface area contributed by atoms with Gasteiger partial charge in [-0.2, -0.15) is 5.10 Å². The maximum atomic E-state index is 11.5. The molecule has 7 rings (SSSR count). The summed E-state index contributed by atoms with van der Waals surface area (Å²) in [4.78, 5) is 16.3. The Hall–Kier alpha value is -2.69. The fraction of sp³-hybridized carbons (Fsp3) is 0.658. The number of nitrogens with zero attached hydrogens (tertiary/aromatic N) is 2. The fourth-order valence-corrected chi connectivity index (χ4v) is 12.9. The standard InChI is InChI=1S/C38H51N3O2/c1-23(2)26-14-19-38(33-39-22-40-41-33)21-20-36(6)28(31(26)38)12-13-30-35(5)17-15-27(24-8-10-25(11-9-24)32(42)43)34(3,4)29(35)16-18-37(30,36)7/h8-11,15,22,26,28-31H,1,12-14,16-21H2,2-7H3,(H,42,43)(H,39,40,41)/t26-,28?,29?,30?,31?,35-,36+,37+,38-/m0/s1. The molecule has 9 atom stereocenters. The summed E-state index contributed by atoms with van der Waals surface area (Å²) in [5.41, 5.74) is 5.27. The SMILES string of the molecule is C=C(C)[C@@H]1CC[C@]2(c3ncn[nH]3)CC[C@]3(C)C(CCC4[C@@]5(C)CC=C(c6ccc(C(=O)O)cc6)C(C)(C)C5CC[C@]43C)C12. The number of rotatable bonds is 4. The molecule has 1 heterocycles. The van der Waals surface area contributed by atoms with Gasteiger partial charge in [-0.15, -0.1) is 0 Å². The third-order valence-electron chi connectivity index (χ3n) is 15.0. The number of hydrogen-bond acceptors (Lipinski definition) is 3. The van der Waals surface area contributed by atoms with Crippen LogP contribution in [0, 0.1) is 51.2 Å². The maximum Gasteiger partial charge on any atom is 0.335 e. The number of carboxylic acid groups (broad SMARTS) is 1. The van der Waals surface area contributed by atoms with E-state index in [9.17, 15) is 9.90 Å². The molecule has 5 aliphatic carbocycles. The number of aromatic nitrogens is 3. The number of hydrogen-bond donors (Lipinski definition) is 2. The molecule has 0 bridgehead atoms. The van der Waals surface area contributed by atoms with Gasteiger partial charge in [-0.1, -0.05) is 65.0 Å². The van der Waals surface area contributed by atoms with E-state index in [0.717, 1.165) is 12.2 Å². The lowest BCUT2D eigenvalue weighted by Crippen LogP contribution is -2.65. The molecular weight excluding hydrogens is 530 g/mol. The second-order valence-electron chi connectivity index (χ2n) is 16.6. The molecule has 0 spiro atoms. The minimum Gasteiger partial charge on any atom is -0.478 e. The van der Waals surface area contributed by atoms with Crippen molar-refractivity contribution in [3.05, 3.63) is 65.8 Å². The number of fused-ring (bicyclic) bond motifs is 7. The number of carbonyl (C=O) groups is 1. The Kier molecular flexibility index (Phi) is 6.35. The number of carboxylic acids is 1. The van der Waals surface area contributed by atoms with Gasteiger partial charge in [0, 0.05) is 5.41 Å². The van der Waals surface area contributed by atoms with Crippen molar-refractivity contribution in [2.75, 3.05) is 0 Å². The highest BCUT2D eigenvalue weighted by molar-refractivity contribution is 5.88. The van der Waals surface area contributed by atoms with Crippen molar-refractivity contribution >= 4 is 11.5 Å². The zero-order valence-corrected chi connectivity index (χ0v) is 27.2. The van der Waals surface area contributed by atoms with Crippen LogP contribution in [-0.2, 0) is 5.41 Å². The molecule has 0 amide bonds. The average molecular weight is 582 g/mol. The van der Waals surface area contributed by atoms with Crippen molar-refractivity contribution in [2.24, 2.45) is 51.2 Å². The van der Waals surface area contributed by atoms with E-state index in [1.807, 2.05) is 12.1 Å². The van der Waals surface area contributed by atoms with Gasteiger partial charge >= 0.3 is 5.97 Å². The molecule has 5 heteroatoms. The molecule has 4 fully saturated rings. The molecular formula is C38H51N3O2. The summed E-state index contributed by atoms with van der Waals surface area (Å²) in [6.07, 6.45) is 15.4. The van der Waals surface area contributed by atoms with E-state index in [2.05, 4.69) is 64.4 Å². The predicted octanol–water partition coefficient (Wildman–Crippen LogP) is 9.11. The first-order chi connectivity index (χ1) is 20.3. The van der Waals surface area contributed by atoms with E-state index in [1.165, 1.54) is 68.1 Å². The molecule has 0 saturated heterocycles. The second kappa shape index (κ2) is 9.41. The monoisotopic (exact) mass is 581 g/mol. The Morgan fingerprint density at radius 3 is 2.33 bits per heavy atom. The van der Waals surface area contributed by atoms with Crippen LogP contribution < -0.4 is 0 Å². The Bertz CT molecular complexity index is 1470. The molecule has 230 valence electrons. The molecule has 2 aromatic rings. The van der Waals surface area contributed by atoms with Gasteiger partial charge in [0.15, 0.2) is 0 Å². The third kappa shape index (κ3) is 3.72. The largest absolute Gasteiger partial charge is 0.478 e. The molecule has 1 aromatic carbocycles. The van der Waals surface area contributed by atoms with Crippen LogP contribution in [0.1, 0.15) is 121 Å². The molecule has 0 aliphatic heterocycles. The van der Waals surface area contributed by atoms with E-state index < -0.39 is 5.97 Å². The molecule has 5 aliphatic rings. The molecule has 5 nitrogen and oxygen atoms in total. The summed E-state index contributed by atoms with van der Waals surface area (Å²) >= 11 is 0. The van der Waals surface area contributed by atoms with E-state index in [0.29, 0.717) is 40.6 Å². The van der Waals surface area contributed by atoms with Gasteiger partial charge in [0.1, 0.15) is 12.2 Å². The van der Waals surface area contributed by atoms with Gasteiger partial charge in [0.25, 0.3) is 0 Å². The van der Waals surface area contributed by atoms with Crippen LogP contribution in [0.4, 0.5) is 0 Å². The summed E-state index contributed by atoms with van der Waals surface area (Å²) in [6, 6.07) is 7.60. The summed E-state index contributed by atoms with van der Waals surface area (Å²) in [6.45, 7) is 19.8. The Morgan fingerprint density at radius 2 is 1.67 bits per heavy atom. The molecule has 4 unspecified atom stereocenters. The normalized spacial score (nSPS) is 43.0. The Labute approximate surface area is 258 Å². The first-order valence-corrected chi connectivity index (χ1v) is 16.9. The lowest BCUT2D eigenvalue weighted by atomic mass is 9.32.